The summed E-state index contributed by atoms with van der Waals surface area (Å²) in [5.41, 5.74) is 2.82. The normalized spacial score (nSPS) is 10.6. The second-order valence-electron chi connectivity index (χ2n) is 6.86. The quantitative estimate of drug-likeness (QED) is 0.782. The first-order chi connectivity index (χ1) is 12.5. The highest BCUT2D eigenvalue weighted by atomic mass is 16.2. The summed E-state index contributed by atoms with van der Waals surface area (Å²) >= 11 is 0. The van der Waals surface area contributed by atoms with E-state index < -0.39 is 0 Å². The third-order valence-electron chi connectivity index (χ3n) is 4.03. The molecule has 0 fully saturated rings. The number of benzene rings is 2. The molecule has 0 atom stereocenters. The Morgan fingerprint density at radius 3 is 2.35 bits per heavy atom. The Morgan fingerprint density at radius 2 is 1.69 bits per heavy atom. The zero-order valence-electron chi connectivity index (χ0n) is 15.9. The minimum atomic E-state index is -0.00670. The molecule has 4 heteroatoms. The van der Waals surface area contributed by atoms with E-state index in [9.17, 15) is 9.59 Å². The van der Waals surface area contributed by atoms with Gasteiger partial charge >= 0.3 is 0 Å². The van der Waals surface area contributed by atoms with Crippen LogP contribution in [0.2, 0.25) is 0 Å². The molecule has 2 rings (SSSR count). The van der Waals surface area contributed by atoms with Crippen molar-refractivity contribution in [2.24, 2.45) is 5.92 Å². The van der Waals surface area contributed by atoms with Crippen molar-refractivity contribution in [2.45, 2.75) is 40.2 Å². The van der Waals surface area contributed by atoms with E-state index in [1.165, 1.54) is 0 Å². The van der Waals surface area contributed by atoms with Crippen LogP contribution in [0.5, 0.6) is 0 Å². The molecule has 2 amide bonds. The van der Waals surface area contributed by atoms with Crippen LogP contribution in [0.3, 0.4) is 0 Å². The van der Waals surface area contributed by atoms with E-state index in [2.05, 4.69) is 5.32 Å². The molecule has 0 aliphatic carbocycles. The number of anilines is 1. The lowest BCUT2D eigenvalue weighted by Crippen LogP contribution is -2.31. The molecule has 2 aromatic rings. The van der Waals surface area contributed by atoms with Gasteiger partial charge < -0.3 is 10.2 Å². The summed E-state index contributed by atoms with van der Waals surface area (Å²) in [4.78, 5) is 26.5. The topological polar surface area (TPSA) is 49.4 Å². The van der Waals surface area contributed by atoms with Gasteiger partial charge in [0.1, 0.15) is 0 Å². The van der Waals surface area contributed by atoms with Gasteiger partial charge in [0, 0.05) is 18.7 Å². The maximum absolute atomic E-state index is 12.8. The summed E-state index contributed by atoms with van der Waals surface area (Å²) in [7, 11) is 0. The van der Waals surface area contributed by atoms with Crippen molar-refractivity contribution in [2.75, 3.05) is 11.4 Å². The number of likely N-dealkylation sites (N-methyl/N-ethyl adjacent to an activating group) is 1. The van der Waals surface area contributed by atoms with Crippen LogP contribution >= 0.6 is 0 Å². The SMILES string of the molecule is CCNC(=O)Cc1cccc(N(Cc2ccccc2)C(=O)CC(C)C)c1. The van der Waals surface area contributed by atoms with Crippen molar-refractivity contribution in [3.05, 3.63) is 65.7 Å². The van der Waals surface area contributed by atoms with Gasteiger partial charge in [0.15, 0.2) is 0 Å². The second-order valence-corrected chi connectivity index (χ2v) is 6.86. The van der Waals surface area contributed by atoms with Crippen molar-refractivity contribution in [1.29, 1.82) is 0 Å². The minimum Gasteiger partial charge on any atom is -0.356 e. The van der Waals surface area contributed by atoms with Gasteiger partial charge in [0.25, 0.3) is 0 Å². The van der Waals surface area contributed by atoms with Crippen molar-refractivity contribution in [3.8, 4) is 0 Å². The van der Waals surface area contributed by atoms with Gasteiger partial charge in [-0.1, -0.05) is 56.3 Å². The van der Waals surface area contributed by atoms with Crippen LogP contribution in [-0.2, 0) is 22.6 Å². The maximum atomic E-state index is 12.8. The Morgan fingerprint density at radius 1 is 1.00 bits per heavy atom. The van der Waals surface area contributed by atoms with Gasteiger partial charge in [-0.3, -0.25) is 9.59 Å². The second kappa shape index (κ2) is 9.76. The number of hydrogen-bond donors (Lipinski definition) is 1. The van der Waals surface area contributed by atoms with Crippen LogP contribution in [-0.4, -0.2) is 18.4 Å². The van der Waals surface area contributed by atoms with Crippen LogP contribution in [0, 0.1) is 5.92 Å². The number of rotatable bonds is 8. The molecule has 0 radical (unpaired) electrons. The zero-order valence-corrected chi connectivity index (χ0v) is 15.9. The van der Waals surface area contributed by atoms with Gasteiger partial charge in [0.05, 0.1) is 13.0 Å². The Bertz CT molecular complexity index is 726. The molecule has 4 nitrogen and oxygen atoms in total. The van der Waals surface area contributed by atoms with Crippen LogP contribution in [0.4, 0.5) is 5.69 Å². The largest absolute Gasteiger partial charge is 0.356 e. The van der Waals surface area contributed by atoms with Crippen LogP contribution < -0.4 is 10.2 Å². The predicted molar refractivity (Wildman–Crippen MR) is 106 cm³/mol. The van der Waals surface area contributed by atoms with Crippen molar-refractivity contribution >= 4 is 17.5 Å². The number of nitrogens with one attached hydrogen (secondary N) is 1. The Hall–Kier alpha value is -2.62. The smallest absolute Gasteiger partial charge is 0.227 e. The Kier molecular flexibility index (Phi) is 7.39. The first-order valence-electron chi connectivity index (χ1n) is 9.19. The standard InChI is InChI=1S/C22H28N2O2/c1-4-23-21(25)15-19-11-8-12-20(14-19)24(22(26)13-17(2)3)16-18-9-6-5-7-10-18/h5-12,14,17H,4,13,15-16H2,1-3H3,(H,23,25). The summed E-state index contributed by atoms with van der Waals surface area (Å²) in [6.45, 7) is 7.14. The van der Waals surface area contributed by atoms with E-state index in [0.717, 1.165) is 16.8 Å². The average molecular weight is 352 g/mol. The third-order valence-corrected chi connectivity index (χ3v) is 4.03. The highest BCUT2D eigenvalue weighted by Gasteiger charge is 2.18. The molecular weight excluding hydrogens is 324 g/mol. The van der Waals surface area contributed by atoms with Crippen molar-refractivity contribution < 1.29 is 9.59 Å². The molecule has 0 bridgehead atoms. The Labute approximate surface area is 156 Å². The molecule has 0 aromatic heterocycles. The highest BCUT2D eigenvalue weighted by molar-refractivity contribution is 5.93. The van der Waals surface area contributed by atoms with E-state index in [-0.39, 0.29) is 11.8 Å². The molecule has 0 saturated heterocycles. The summed E-state index contributed by atoms with van der Waals surface area (Å²) in [6.07, 6.45) is 0.812. The molecule has 0 aliphatic rings. The predicted octanol–water partition coefficient (Wildman–Crippen LogP) is 3.94. The van der Waals surface area contributed by atoms with E-state index in [4.69, 9.17) is 0 Å². The summed E-state index contributed by atoms with van der Waals surface area (Å²) in [6, 6.07) is 17.7. The van der Waals surface area contributed by atoms with Gasteiger partial charge in [-0.15, -0.1) is 0 Å². The van der Waals surface area contributed by atoms with Crippen LogP contribution in [0.1, 0.15) is 38.3 Å². The Balaban J connectivity index is 2.26. The van der Waals surface area contributed by atoms with Gasteiger partial charge in [-0.05, 0) is 36.1 Å². The summed E-state index contributed by atoms with van der Waals surface area (Å²) in [5, 5.41) is 2.81. The van der Waals surface area contributed by atoms with E-state index in [1.807, 2.05) is 80.3 Å². The molecule has 0 aliphatic heterocycles. The number of nitrogens with zero attached hydrogens (tertiary/aromatic N) is 1. The molecule has 1 N–H and O–H groups in total. The molecule has 0 unspecified atom stereocenters. The lowest BCUT2D eigenvalue weighted by atomic mass is 10.1. The molecule has 0 saturated carbocycles. The zero-order chi connectivity index (χ0) is 18.9. The molecule has 2 aromatic carbocycles. The minimum absolute atomic E-state index is 0.00670. The van der Waals surface area contributed by atoms with E-state index in [0.29, 0.717) is 31.8 Å². The summed E-state index contributed by atoms with van der Waals surface area (Å²) < 4.78 is 0. The maximum Gasteiger partial charge on any atom is 0.227 e. The van der Waals surface area contributed by atoms with Crippen molar-refractivity contribution in [1.82, 2.24) is 5.32 Å². The molecule has 0 spiro atoms. The first kappa shape index (κ1) is 19.7. The van der Waals surface area contributed by atoms with Crippen LogP contribution in [0.15, 0.2) is 54.6 Å². The van der Waals surface area contributed by atoms with Crippen LogP contribution in [0.25, 0.3) is 0 Å². The summed E-state index contributed by atoms with van der Waals surface area (Å²) in [5.74, 6) is 0.381. The first-order valence-corrected chi connectivity index (χ1v) is 9.19. The average Bonchev–Trinajstić information content (AvgIpc) is 2.60. The van der Waals surface area contributed by atoms with Gasteiger partial charge in [0.2, 0.25) is 11.8 Å². The lowest BCUT2D eigenvalue weighted by molar-refractivity contribution is -0.120. The van der Waals surface area contributed by atoms with Gasteiger partial charge in [-0.25, -0.2) is 0 Å². The number of carbonyl (C=O) groups excluding carboxylic acids is 2. The molecular formula is C22H28N2O2. The molecule has 26 heavy (non-hydrogen) atoms. The molecule has 0 heterocycles. The molecule has 138 valence electrons. The fourth-order valence-corrected chi connectivity index (χ4v) is 2.83. The number of hydrogen-bond acceptors (Lipinski definition) is 2. The monoisotopic (exact) mass is 352 g/mol. The number of amides is 2. The van der Waals surface area contributed by atoms with Gasteiger partial charge in [-0.2, -0.15) is 0 Å². The fourth-order valence-electron chi connectivity index (χ4n) is 2.83. The third kappa shape index (κ3) is 6.03. The van der Waals surface area contributed by atoms with Crippen molar-refractivity contribution in [3.63, 3.8) is 0 Å². The fraction of sp³-hybridized carbons (Fsp3) is 0.364. The lowest BCUT2D eigenvalue weighted by Gasteiger charge is -2.24. The van der Waals surface area contributed by atoms with E-state index in [1.54, 1.807) is 0 Å². The number of carbonyl (C=O) groups is 2. The van der Waals surface area contributed by atoms with E-state index >= 15 is 0 Å². The highest BCUT2D eigenvalue weighted by Crippen LogP contribution is 2.21.